The van der Waals surface area contributed by atoms with Crippen LogP contribution in [-0.2, 0) is 11.2 Å². The Morgan fingerprint density at radius 1 is 0.893 bits per heavy atom. The molecule has 0 fully saturated rings. The molecule has 4 nitrogen and oxygen atoms in total. The van der Waals surface area contributed by atoms with Gasteiger partial charge in [-0.05, 0) is 47.1 Å². The summed E-state index contributed by atoms with van der Waals surface area (Å²) in [6.07, 6.45) is 1.05. The van der Waals surface area contributed by atoms with E-state index in [2.05, 4.69) is 51.2 Å². The van der Waals surface area contributed by atoms with Gasteiger partial charge in [0, 0.05) is 31.8 Å². The average molecular weight is 381 g/mol. The van der Waals surface area contributed by atoms with Gasteiger partial charge in [0.1, 0.15) is 0 Å². The van der Waals surface area contributed by atoms with Crippen LogP contribution in [0.25, 0.3) is 0 Å². The lowest BCUT2D eigenvalue weighted by Gasteiger charge is -2.20. The van der Waals surface area contributed by atoms with Crippen LogP contribution in [0.2, 0.25) is 0 Å². The highest BCUT2D eigenvalue weighted by molar-refractivity contribution is 5.94. The number of carbonyl (C=O) groups excluding carboxylic acids is 2. The largest absolute Gasteiger partial charge is 0.345 e. The van der Waals surface area contributed by atoms with E-state index >= 15 is 0 Å². The Morgan fingerprint density at radius 3 is 1.89 bits per heavy atom. The van der Waals surface area contributed by atoms with E-state index in [1.54, 1.807) is 19.0 Å². The number of anilines is 1. The maximum Gasteiger partial charge on any atom is 0.253 e. The van der Waals surface area contributed by atoms with Gasteiger partial charge in [-0.2, -0.15) is 0 Å². The van der Waals surface area contributed by atoms with Gasteiger partial charge >= 0.3 is 0 Å². The molecule has 0 atom stereocenters. The van der Waals surface area contributed by atoms with Crippen LogP contribution in [-0.4, -0.2) is 30.8 Å². The van der Waals surface area contributed by atoms with Crippen molar-refractivity contribution in [2.24, 2.45) is 0 Å². The first-order chi connectivity index (χ1) is 13.2. The van der Waals surface area contributed by atoms with Gasteiger partial charge in [0.25, 0.3) is 5.91 Å². The molecule has 0 aromatic heterocycles. The number of para-hydroxylation sites is 1. The van der Waals surface area contributed by atoms with Crippen molar-refractivity contribution in [1.29, 1.82) is 0 Å². The highest BCUT2D eigenvalue weighted by atomic mass is 16.2. The summed E-state index contributed by atoms with van der Waals surface area (Å²) in [5.74, 6) is 0.686. The van der Waals surface area contributed by atoms with E-state index in [0.717, 1.165) is 11.3 Å². The van der Waals surface area contributed by atoms with E-state index < -0.39 is 0 Å². The molecule has 0 spiro atoms. The van der Waals surface area contributed by atoms with Gasteiger partial charge in [-0.15, -0.1) is 0 Å². The zero-order chi connectivity index (χ0) is 20.8. The Hall–Kier alpha value is -2.62. The first kappa shape index (κ1) is 21.7. The van der Waals surface area contributed by atoms with E-state index in [4.69, 9.17) is 0 Å². The van der Waals surface area contributed by atoms with Gasteiger partial charge in [0.05, 0.1) is 0 Å². The quantitative estimate of drug-likeness (QED) is 0.717. The molecule has 4 heteroatoms. The number of aryl methyl sites for hydroxylation is 1. The number of rotatable bonds is 7. The van der Waals surface area contributed by atoms with Crippen LogP contribution in [0, 0.1) is 0 Å². The van der Waals surface area contributed by atoms with Crippen LogP contribution in [0.5, 0.6) is 0 Å². The molecule has 2 aromatic carbocycles. The van der Waals surface area contributed by atoms with E-state index in [-0.39, 0.29) is 11.8 Å². The zero-order valence-corrected chi connectivity index (χ0v) is 17.9. The number of amides is 2. The van der Waals surface area contributed by atoms with Crippen molar-refractivity contribution in [2.75, 3.05) is 19.4 Å². The predicted octanol–water partition coefficient (Wildman–Crippen LogP) is 5.21. The summed E-state index contributed by atoms with van der Waals surface area (Å²) in [5.41, 5.74) is 5.01. The number of carbonyl (C=O) groups is 2. The third-order valence-corrected chi connectivity index (χ3v) is 4.89. The van der Waals surface area contributed by atoms with Crippen LogP contribution < -0.4 is 5.32 Å². The third-order valence-electron chi connectivity index (χ3n) is 4.89. The molecule has 150 valence electrons. The summed E-state index contributed by atoms with van der Waals surface area (Å²) in [5, 5.41) is 3.16. The topological polar surface area (TPSA) is 49.4 Å². The first-order valence-corrected chi connectivity index (χ1v) is 9.94. The molecule has 0 heterocycles. The molecule has 0 saturated heterocycles. The molecule has 2 amide bonds. The SMILES string of the molecule is CC(C)c1cccc(C(C)C)c1NC(=O)CCc1ccc(C(=O)N(C)C)cc1. The molecule has 1 N–H and O–H groups in total. The Morgan fingerprint density at radius 2 is 1.43 bits per heavy atom. The van der Waals surface area contributed by atoms with Crippen LogP contribution in [0.3, 0.4) is 0 Å². The molecular formula is C24H32N2O2. The van der Waals surface area contributed by atoms with Gasteiger partial charge in [0.2, 0.25) is 5.91 Å². The lowest BCUT2D eigenvalue weighted by Crippen LogP contribution is -2.21. The summed E-state index contributed by atoms with van der Waals surface area (Å²) in [7, 11) is 3.47. The molecule has 2 rings (SSSR count). The minimum Gasteiger partial charge on any atom is -0.345 e. The number of nitrogens with zero attached hydrogens (tertiary/aromatic N) is 1. The zero-order valence-electron chi connectivity index (χ0n) is 17.9. The molecule has 0 aliphatic rings. The second-order valence-electron chi connectivity index (χ2n) is 8.07. The Labute approximate surface area is 169 Å². The molecule has 0 unspecified atom stereocenters. The Bertz CT molecular complexity index is 795. The summed E-state index contributed by atoms with van der Waals surface area (Å²) >= 11 is 0. The maximum absolute atomic E-state index is 12.6. The Kier molecular flexibility index (Phi) is 7.38. The normalized spacial score (nSPS) is 11.0. The van der Waals surface area contributed by atoms with Gasteiger partial charge in [-0.3, -0.25) is 9.59 Å². The van der Waals surface area contributed by atoms with Crippen molar-refractivity contribution in [3.63, 3.8) is 0 Å². The van der Waals surface area contributed by atoms with Crippen molar-refractivity contribution in [2.45, 2.75) is 52.4 Å². The van der Waals surface area contributed by atoms with E-state index in [1.807, 2.05) is 24.3 Å². The van der Waals surface area contributed by atoms with Crippen molar-refractivity contribution in [3.8, 4) is 0 Å². The van der Waals surface area contributed by atoms with E-state index in [9.17, 15) is 9.59 Å². The minimum absolute atomic E-state index is 0.0171. The minimum atomic E-state index is -0.0178. The highest BCUT2D eigenvalue weighted by Gasteiger charge is 2.16. The summed E-state index contributed by atoms with van der Waals surface area (Å²) < 4.78 is 0. The average Bonchev–Trinajstić information content (AvgIpc) is 2.65. The number of benzene rings is 2. The van der Waals surface area contributed by atoms with Crippen molar-refractivity contribution in [3.05, 3.63) is 64.7 Å². The summed E-state index contributed by atoms with van der Waals surface area (Å²) in [6, 6.07) is 13.7. The summed E-state index contributed by atoms with van der Waals surface area (Å²) in [6.45, 7) is 8.58. The second-order valence-corrected chi connectivity index (χ2v) is 8.07. The predicted molar refractivity (Wildman–Crippen MR) is 116 cm³/mol. The van der Waals surface area contributed by atoms with Gasteiger partial charge in [0.15, 0.2) is 0 Å². The maximum atomic E-state index is 12.6. The standard InChI is InChI=1S/C24H32N2O2/c1-16(2)20-8-7-9-21(17(3)4)23(20)25-22(27)15-12-18-10-13-19(14-11-18)24(28)26(5)6/h7-11,13-14,16-17H,12,15H2,1-6H3,(H,25,27). The highest BCUT2D eigenvalue weighted by Crippen LogP contribution is 2.32. The number of hydrogen-bond acceptors (Lipinski definition) is 2. The van der Waals surface area contributed by atoms with Gasteiger partial charge in [-0.25, -0.2) is 0 Å². The smallest absolute Gasteiger partial charge is 0.253 e. The fraction of sp³-hybridized carbons (Fsp3) is 0.417. The van der Waals surface area contributed by atoms with E-state index in [0.29, 0.717) is 30.2 Å². The monoisotopic (exact) mass is 380 g/mol. The number of hydrogen-bond donors (Lipinski definition) is 1. The van der Waals surface area contributed by atoms with Crippen LogP contribution >= 0.6 is 0 Å². The fourth-order valence-corrected chi connectivity index (χ4v) is 3.23. The molecule has 0 aliphatic heterocycles. The van der Waals surface area contributed by atoms with Crippen molar-refractivity contribution >= 4 is 17.5 Å². The van der Waals surface area contributed by atoms with Gasteiger partial charge < -0.3 is 10.2 Å². The lowest BCUT2D eigenvalue weighted by molar-refractivity contribution is -0.116. The molecular weight excluding hydrogens is 348 g/mol. The summed E-state index contributed by atoms with van der Waals surface area (Å²) in [4.78, 5) is 26.1. The number of nitrogens with one attached hydrogen (secondary N) is 1. The molecule has 0 aliphatic carbocycles. The lowest BCUT2D eigenvalue weighted by atomic mass is 9.92. The Balaban J connectivity index is 2.06. The van der Waals surface area contributed by atoms with Crippen LogP contribution in [0.15, 0.2) is 42.5 Å². The molecule has 0 radical (unpaired) electrons. The van der Waals surface area contributed by atoms with Gasteiger partial charge in [-0.1, -0.05) is 58.0 Å². The second kappa shape index (κ2) is 9.54. The molecule has 0 bridgehead atoms. The van der Waals surface area contributed by atoms with Crippen molar-refractivity contribution in [1.82, 2.24) is 4.90 Å². The molecule has 0 saturated carbocycles. The molecule has 2 aromatic rings. The molecule has 28 heavy (non-hydrogen) atoms. The van der Waals surface area contributed by atoms with Crippen molar-refractivity contribution < 1.29 is 9.59 Å². The first-order valence-electron chi connectivity index (χ1n) is 9.94. The van der Waals surface area contributed by atoms with Crippen LogP contribution in [0.1, 0.15) is 73.0 Å². The fourth-order valence-electron chi connectivity index (χ4n) is 3.23. The van der Waals surface area contributed by atoms with Crippen LogP contribution in [0.4, 0.5) is 5.69 Å². The van der Waals surface area contributed by atoms with E-state index in [1.165, 1.54) is 11.1 Å². The third kappa shape index (κ3) is 5.44.